The SMILES string of the molecule is COCCOCCOCCNCC(Cl)CC(C)C. The second-order valence-corrected chi connectivity index (χ2v) is 5.27. The number of halogens is 1. The van der Waals surface area contributed by atoms with Gasteiger partial charge in [0.2, 0.25) is 0 Å². The molecule has 0 spiro atoms. The molecule has 0 heterocycles. The molecule has 0 aliphatic heterocycles. The molecule has 18 heavy (non-hydrogen) atoms. The molecule has 0 amide bonds. The van der Waals surface area contributed by atoms with Crippen LogP contribution >= 0.6 is 11.6 Å². The predicted molar refractivity (Wildman–Crippen MR) is 75.5 cm³/mol. The Bertz CT molecular complexity index is 170. The van der Waals surface area contributed by atoms with E-state index >= 15 is 0 Å². The van der Waals surface area contributed by atoms with Crippen molar-refractivity contribution in [3.63, 3.8) is 0 Å². The molecular formula is C13H28ClNO3. The molecule has 1 atom stereocenters. The van der Waals surface area contributed by atoms with Crippen LogP contribution in [0, 0.1) is 5.92 Å². The average Bonchev–Trinajstić information content (AvgIpc) is 2.30. The van der Waals surface area contributed by atoms with Gasteiger partial charge < -0.3 is 19.5 Å². The molecule has 110 valence electrons. The van der Waals surface area contributed by atoms with Crippen LogP contribution in [0.2, 0.25) is 0 Å². The fraction of sp³-hybridized carbons (Fsp3) is 1.00. The Hall–Kier alpha value is 0.130. The highest BCUT2D eigenvalue weighted by Gasteiger charge is 2.05. The quantitative estimate of drug-likeness (QED) is 0.414. The predicted octanol–water partition coefficient (Wildman–Crippen LogP) is 1.91. The number of nitrogens with one attached hydrogen (secondary N) is 1. The van der Waals surface area contributed by atoms with Crippen LogP contribution in [0.1, 0.15) is 20.3 Å². The highest BCUT2D eigenvalue weighted by Crippen LogP contribution is 2.09. The Morgan fingerprint density at radius 1 is 1.00 bits per heavy atom. The molecule has 1 unspecified atom stereocenters. The van der Waals surface area contributed by atoms with Crippen LogP contribution in [0.15, 0.2) is 0 Å². The minimum Gasteiger partial charge on any atom is -0.382 e. The second kappa shape index (κ2) is 13.6. The van der Waals surface area contributed by atoms with E-state index in [4.69, 9.17) is 25.8 Å². The number of rotatable bonds is 13. The summed E-state index contributed by atoms with van der Waals surface area (Å²) in [5.74, 6) is 0.648. The van der Waals surface area contributed by atoms with Gasteiger partial charge >= 0.3 is 0 Å². The Kier molecular flexibility index (Phi) is 13.7. The molecule has 0 aromatic heterocycles. The number of alkyl halides is 1. The summed E-state index contributed by atoms with van der Waals surface area (Å²) in [7, 11) is 1.66. The number of hydrogen-bond acceptors (Lipinski definition) is 4. The van der Waals surface area contributed by atoms with Crippen molar-refractivity contribution < 1.29 is 14.2 Å². The van der Waals surface area contributed by atoms with Crippen LogP contribution in [0.4, 0.5) is 0 Å². The van der Waals surface area contributed by atoms with Crippen molar-refractivity contribution >= 4 is 11.6 Å². The molecule has 4 nitrogen and oxygen atoms in total. The van der Waals surface area contributed by atoms with E-state index in [1.54, 1.807) is 7.11 Å². The van der Waals surface area contributed by atoms with E-state index in [1.165, 1.54) is 0 Å². The van der Waals surface area contributed by atoms with Crippen LogP contribution < -0.4 is 5.32 Å². The normalized spacial score (nSPS) is 13.2. The third-order valence-corrected chi connectivity index (χ3v) is 2.65. The summed E-state index contributed by atoms with van der Waals surface area (Å²) in [6.07, 6.45) is 1.04. The fourth-order valence-corrected chi connectivity index (χ4v) is 1.93. The monoisotopic (exact) mass is 281 g/mol. The van der Waals surface area contributed by atoms with Gasteiger partial charge in [-0.3, -0.25) is 0 Å². The summed E-state index contributed by atoms with van der Waals surface area (Å²) in [5, 5.41) is 3.49. The standard InChI is InChI=1S/C13H28ClNO3/c1-12(2)10-13(14)11-15-4-5-17-8-9-18-7-6-16-3/h12-13,15H,4-11H2,1-3H3. The molecule has 0 rings (SSSR count). The second-order valence-electron chi connectivity index (χ2n) is 4.65. The third-order valence-electron chi connectivity index (χ3n) is 2.32. The summed E-state index contributed by atoms with van der Waals surface area (Å²) in [5.41, 5.74) is 0. The molecule has 0 aliphatic carbocycles. The Morgan fingerprint density at radius 3 is 2.22 bits per heavy atom. The smallest absolute Gasteiger partial charge is 0.0701 e. The van der Waals surface area contributed by atoms with Crippen LogP contribution in [0.25, 0.3) is 0 Å². The van der Waals surface area contributed by atoms with Crippen molar-refractivity contribution in [2.75, 3.05) is 53.2 Å². The minimum absolute atomic E-state index is 0.211. The summed E-state index contributed by atoms with van der Waals surface area (Å²) in [6, 6.07) is 0. The van der Waals surface area contributed by atoms with E-state index in [1.807, 2.05) is 0 Å². The Balaban J connectivity index is 3.07. The zero-order valence-electron chi connectivity index (χ0n) is 11.9. The molecular weight excluding hydrogens is 254 g/mol. The van der Waals surface area contributed by atoms with Gasteiger partial charge in [-0.15, -0.1) is 11.6 Å². The van der Waals surface area contributed by atoms with Crippen molar-refractivity contribution in [2.24, 2.45) is 5.92 Å². The van der Waals surface area contributed by atoms with E-state index in [0.29, 0.717) is 39.0 Å². The van der Waals surface area contributed by atoms with Crippen molar-refractivity contribution in [1.82, 2.24) is 5.32 Å². The zero-order valence-corrected chi connectivity index (χ0v) is 12.7. The summed E-state index contributed by atoms with van der Waals surface area (Å²) in [6.45, 7) is 9.24. The van der Waals surface area contributed by atoms with E-state index < -0.39 is 0 Å². The van der Waals surface area contributed by atoms with Gasteiger partial charge in [-0.1, -0.05) is 13.8 Å². The van der Waals surface area contributed by atoms with Gasteiger partial charge in [-0.25, -0.2) is 0 Å². The van der Waals surface area contributed by atoms with Crippen LogP contribution in [-0.4, -0.2) is 58.6 Å². The molecule has 1 N–H and O–H groups in total. The van der Waals surface area contributed by atoms with Crippen LogP contribution in [0.3, 0.4) is 0 Å². The van der Waals surface area contributed by atoms with Crippen molar-refractivity contribution in [2.45, 2.75) is 25.6 Å². The first-order chi connectivity index (χ1) is 8.66. The first kappa shape index (κ1) is 18.1. The van der Waals surface area contributed by atoms with Gasteiger partial charge in [0.1, 0.15) is 0 Å². The Morgan fingerprint density at radius 2 is 1.61 bits per heavy atom. The van der Waals surface area contributed by atoms with Gasteiger partial charge in [-0.2, -0.15) is 0 Å². The molecule has 0 bridgehead atoms. The molecule has 0 fully saturated rings. The lowest BCUT2D eigenvalue weighted by molar-refractivity contribution is 0.0256. The number of methoxy groups -OCH3 is 1. The van der Waals surface area contributed by atoms with E-state index in [0.717, 1.165) is 19.5 Å². The van der Waals surface area contributed by atoms with Crippen LogP contribution in [0.5, 0.6) is 0 Å². The number of hydrogen-bond donors (Lipinski definition) is 1. The van der Waals surface area contributed by atoms with Gasteiger partial charge in [-0.05, 0) is 12.3 Å². The molecule has 0 aromatic carbocycles. The summed E-state index contributed by atoms with van der Waals surface area (Å²) < 4.78 is 15.5. The van der Waals surface area contributed by atoms with Crippen molar-refractivity contribution in [1.29, 1.82) is 0 Å². The maximum atomic E-state index is 6.15. The minimum atomic E-state index is 0.211. The maximum absolute atomic E-state index is 6.15. The first-order valence-electron chi connectivity index (χ1n) is 6.66. The largest absolute Gasteiger partial charge is 0.382 e. The van der Waals surface area contributed by atoms with Gasteiger partial charge in [0.15, 0.2) is 0 Å². The lowest BCUT2D eigenvalue weighted by atomic mass is 10.1. The molecule has 0 radical (unpaired) electrons. The fourth-order valence-electron chi connectivity index (χ4n) is 1.46. The molecule has 5 heteroatoms. The van der Waals surface area contributed by atoms with Crippen molar-refractivity contribution in [3.8, 4) is 0 Å². The van der Waals surface area contributed by atoms with Gasteiger partial charge in [0.05, 0.1) is 33.0 Å². The lowest BCUT2D eigenvalue weighted by Crippen LogP contribution is -2.28. The summed E-state index contributed by atoms with van der Waals surface area (Å²) in [4.78, 5) is 0. The van der Waals surface area contributed by atoms with E-state index in [-0.39, 0.29) is 5.38 Å². The maximum Gasteiger partial charge on any atom is 0.0701 e. The van der Waals surface area contributed by atoms with E-state index in [2.05, 4.69) is 19.2 Å². The average molecular weight is 282 g/mol. The molecule has 0 saturated heterocycles. The van der Waals surface area contributed by atoms with Gasteiger partial charge in [0.25, 0.3) is 0 Å². The molecule has 0 aliphatic rings. The highest BCUT2D eigenvalue weighted by atomic mass is 35.5. The van der Waals surface area contributed by atoms with E-state index in [9.17, 15) is 0 Å². The van der Waals surface area contributed by atoms with Crippen molar-refractivity contribution in [3.05, 3.63) is 0 Å². The number of ether oxygens (including phenoxy) is 3. The van der Waals surface area contributed by atoms with Crippen LogP contribution in [-0.2, 0) is 14.2 Å². The lowest BCUT2D eigenvalue weighted by Gasteiger charge is -2.13. The topological polar surface area (TPSA) is 39.7 Å². The molecule has 0 aromatic rings. The van der Waals surface area contributed by atoms with Gasteiger partial charge in [0, 0.05) is 25.6 Å². The zero-order chi connectivity index (χ0) is 13.6. The Labute approximate surface area is 116 Å². The summed E-state index contributed by atoms with van der Waals surface area (Å²) >= 11 is 6.15. The first-order valence-corrected chi connectivity index (χ1v) is 7.09. The highest BCUT2D eigenvalue weighted by molar-refractivity contribution is 6.20. The molecule has 0 saturated carbocycles. The third kappa shape index (κ3) is 14.2.